The van der Waals surface area contributed by atoms with Crippen molar-refractivity contribution in [3.05, 3.63) is 29.6 Å². The van der Waals surface area contributed by atoms with E-state index in [4.69, 9.17) is 10.00 Å². The number of nitriles is 1. The molecule has 0 unspecified atom stereocenters. The van der Waals surface area contributed by atoms with Crippen molar-refractivity contribution in [1.29, 1.82) is 5.26 Å². The van der Waals surface area contributed by atoms with Crippen LogP contribution >= 0.6 is 0 Å². The quantitative estimate of drug-likeness (QED) is 0.845. The van der Waals surface area contributed by atoms with Gasteiger partial charge in [-0.2, -0.15) is 5.26 Å². The van der Waals surface area contributed by atoms with Crippen molar-refractivity contribution in [2.45, 2.75) is 26.4 Å². The molecule has 1 heterocycles. The maximum atomic E-state index is 13.4. The maximum Gasteiger partial charge on any atom is 0.410 e. The van der Waals surface area contributed by atoms with Crippen molar-refractivity contribution < 1.29 is 18.7 Å². The second-order valence-electron chi connectivity index (χ2n) is 6.72. The van der Waals surface area contributed by atoms with Gasteiger partial charge < -0.3 is 19.9 Å². The van der Waals surface area contributed by atoms with Crippen LogP contribution in [0.25, 0.3) is 0 Å². The second kappa shape index (κ2) is 7.38. The minimum atomic E-state index is -0.593. The summed E-state index contributed by atoms with van der Waals surface area (Å²) >= 11 is 0. The highest BCUT2D eigenvalue weighted by Gasteiger charge is 2.27. The molecular formula is C17H21FN4O3. The number of carbonyl (C=O) groups excluding carboxylic acids is 2. The number of hydrogen-bond donors (Lipinski definition) is 1. The molecule has 1 aromatic carbocycles. The van der Waals surface area contributed by atoms with Crippen LogP contribution < -0.4 is 5.32 Å². The Balaban J connectivity index is 1.90. The summed E-state index contributed by atoms with van der Waals surface area (Å²) in [6.07, 6.45) is -0.406. The van der Waals surface area contributed by atoms with Crippen LogP contribution in [-0.4, -0.2) is 53.7 Å². The lowest BCUT2D eigenvalue weighted by Gasteiger charge is -2.35. The molecule has 1 saturated heterocycles. The Bertz CT molecular complexity index is 701. The lowest BCUT2D eigenvalue weighted by Crippen LogP contribution is -2.52. The highest BCUT2D eigenvalue weighted by molar-refractivity contribution is 5.89. The molecule has 0 atom stereocenters. The van der Waals surface area contributed by atoms with Gasteiger partial charge >= 0.3 is 12.1 Å². The number of benzene rings is 1. The Kier molecular flexibility index (Phi) is 5.47. The summed E-state index contributed by atoms with van der Waals surface area (Å²) in [5, 5.41) is 11.4. The molecule has 0 radical (unpaired) electrons. The molecule has 3 amide bonds. The third kappa shape index (κ3) is 5.35. The van der Waals surface area contributed by atoms with Crippen LogP contribution in [0.3, 0.4) is 0 Å². The molecule has 0 aromatic heterocycles. The Morgan fingerprint density at radius 3 is 2.32 bits per heavy atom. The minimum absolute atomic E-state index is 0.130. The fraction of sp³-hybridized carbons (Fsp3) is 0.471. The van der Waals surface area contributed by atoms with Crippen molar-refractivity contribution in [3.8, 4) is 6.07 Å². The molecule has 0 spiro atoms. The van der Waals surface area contributed by atoms with E-state index >= 15 is 0 Å². The molecule has 25 heavy (non-hydrogen) atoms. The van der Waals surface area contributed by atoms with Crippen LogP contribution in [-0.2, 0) is 4.74 Å². The predicted molar refractivity (Wildman–Crippen MR) is 89.5 cm³/mol. The number of rotatable bonds is 1. The summed E-state index contributed by atoms with van der Waals surface area (Å²) in [6.45, 7) is 6.77. The summed E-state index contributed by atoms with van der Waals surface area (Å²) in [5.74, 6) is -0.593. The third-order valence-corrected chi connectivity index (χ3v) is 3.50. The van der Waals surface area contributed by atoms with Gasteiger partial charge in [-0.1, -0.05) is 0 Å². The zero-order valence-corrected chi connectivity index (χ0v) is 14.5. The number of piperazine rings is 1. The van der Waals surface area contributed by atoms with E-state index in [1.807, 2.05) is 6.07 Å². The van der Waals surface area contributed by atoms with Gasteiger partial charge in [-0.25, -0.2) is 14.0 Å². The lowest BCUT2D eigenvalue weighted by atomic mass is 10.2. The van der Waals surface area contributed by atoms with Gasteiger partial charge in [0.2, 0.25) is 0 Å². The molecule has 7 nitrogen and oxygen atoms in total. The first-order chi connectivity index (χ1) is 11.7. The number of halogens is 1. The molecule has 1 N–H and O–H groups in total. The van der Waals surface area contributed by atoms with Crippen LogP contribution in [0, 0.1) is 17.1 Å². The molecule has 0 bridgehead atoms. The van der Waals surface area contributed by atoms with Crippen molar-refractivity contribution in [3.63, 3.8) is 0 Å². The van der Waals surface area contributed by atoms with E-state index in [9.17, 15) is 14.0 Å². The van der Waals surface area contributed by atoms with E-state index in [2.05, 4.69) is 5.32 Å². The number of ether oxygens (including phenoxy) is 1. The van der Waals surface area contributed by atoms with Crippen molar-refractivity contribution in [2.75, 3.05) is 31.5 Å². The zero-order chi connectivity index (χ0) is 18.6. The number of hydrogen-bond acceptors (Lipinski definition) is 4. The number of amides is 3. The normalized spacial score (nSPS) is 14.7. The molecule has 1 aromatic rings. The minimum Gasteiger partial charge on any atom is -0.444 e. The van der Waals surface area contributed by atoms with Crippen LogP contribution in [0.2, 0.25) is 0 Å². The number of carbonyl (C=O) groups is 2. The Labute approximate surface area is 146 Å². The summed E-state index contributed by atoms with van der Waals surface area (Å²) in [5.41, 5.74) is -0.220. The number of nitrogens with one attached hydrogen (secondary N) is 1. The van der Waals surface area contributed by atoms with E-state index in [1.54, 1.807) is 25.7 Å². The molecule has 1 fully saturated rings. The van der Waals surface area contributed by atoms with Crippen LogP contribution in [0.4, 0.5) is 19.7 Å². The molecule has 1 aliphatic heterocycles. The van der Waals surface area contributed by atoms with Gasteiger partial charge in [-0.3, -0.25) is 0 Å². The van der Waals surface area contributed by atoms with Gasteiger partial charge in [0.15, 0.2) is 0 Å². The zero-order valence-electron chi connectivity index (χ0n) is 14.5. The van der Waals surface area contributed by atoms with E-state index < -0.39 is 23.5 Å². The first-order valence-electron chi connectivity index (χ1n) is 7.92. The molecule has 2 rings (SSSR count). The smallest absolute Gasteiger partial charge is 0.410 e. The third-order valence-electron chi connectivity index (χ3n) is 3.50. The molecule has 1 aliphatic rings. The average Bonchev–Trinajstić information content (AvgIpc) is 2.52. The predicted octanol–water partition coefficient (Wildman–Crippen LogP) is 2.78. The highest BCUT2D eigenvalue weighted by Crippen LogP contribution is 2.16. The fourth-order valence-corrected chi connectivity index (χ4v) is 2.35. The van der Waals surface area contributed by atoms with Crippen molar-refractivity contribution >= 4 is 17.8 Å². The van der Waals surface area contributed by atoms with Gasteiger partial charge in [-0.15, -0.1) is 0 Å². The SMILES string of the molecule is CC(C)(C)OC(=O)N1CCN(C(=O)Nc2cc(F)cc(C#N)c2)CC1. The summed E-state index contributed by atoms with van der Waals surface area (Å²) < 4.78 is 18.7. The topological polar surface area (TPSA) is 85.7 Å². The molecule has 0 saturated carbocycles. The highest BCUT2D eigenvalue weighted by atomic mass is 19.1. The lowest BCUT2D eigenvalue weighted by molar-refractivity contribution is 0.0174. The monoisotopic (exact) mass is 348 g/mol. The average molecular weight is 348 g/mol. The van der Waals surface area contributed by atoms with Gasteiger partial charge in [-0.05, 0) is 39.0 Å². The van der Waals surface area contributed by atoms with Gasteiger partial charge in [0.25, 0.3) is 0 Å². The molecule has 8 heteroatoms. The summed E-state index contributed by atoms with van der Waals surface area (Å²) in [4.78, 5) is 27.3. The Morgan fingerprint density at radius 1 is 1.16 bits per heavy atom. The standard InChI is InChI=1S/C17H21FN4O3/c1-17(2,3)25-16(24)22-6-4-21(5-7-22)15(23)20-14-9-12(11-19)8-13(18)10-14/h8-10H,4-7H2,1-3H3,(H,20,23). The van der Waals surface area contributed by atoms with Crippen LogP contribution in [0.5, 0.6) is 0 Å². The maximum absolute atomic E-state index is 13.4. The first-order valence-corrected chi connectivity index (χ1v) is 7.92. The fourth-order valence-electron chi connectivity index (χ4n) is 2.35. The van der Waals surface area contributed by atoms with E-state index in [1.165, 1.54) is 11.0 Å². The number of urea groups is 1. The molecule has 134 valence electrons. The van der Waals surface area contributed by atoms with E-state index in [-0.39, 0.29) is 11.3 Å². The molecular weight excluding hydrogens is 327 g/mol. The summed E-state index contributed by atoms with van der Waals surface area (Å²) in [7, 11) is 0. The summed E-state index contributed by atoms with van der Waals surface area (Å²) in [6, 6.07) is 5.07. The van der Waals surface area contributed by atoms with Crippen molar-refractivity contribution in [2.24, 2.45) is 0 Å². The second-order valence-corrected chi connectivity index (χ2v) is 6.72. The largest absolute Gasteiger partial charge is 0.444 e. The van der Waals surface area contributed by atoms with E-state index in [0.717, 1.165) is 12.1 Å². The number of nitrogens with zero attached hydrogens (tertiary/aromatic N) is 3. The van der Waals surface area contributed by atoms with Crippen molar-refractivity contribution in [1.82, 2.24) is 9.80 Å². The molecule has 0 aliphatic carbocycles. The first kappa shape index (κ1) is 18.5. The number of anilines is 1. The van der Waals surface area contributed by atoms with Crippen LogP contribution in [0.15, 0.2) is 18.2 Å². The Morgan fingerprint density at radius 2 is 1.76 bits per heavy atom. The van der Waals surface area contributed by atoms with Crippen LogP contribution in [0.1, 0.15) is 26.3 Å². The van der Waals surface area contributed by atoms with Gasteiger partial charge in [0.05, 0.1) is 11.6 Å². The van der Waals surface area contributed by atoms with Gasteiger partial charge in [0, 0.05) is 31.9 Å². The Hall–Kier alpha value is -2.82. The van der Waals surface area contributed by atoms with E-state index in [0.29, 0.717) is 26.2 Å². The van der Waals surface area contributed by atoms with Gasteiger partial charge in [0.1, 0.15) is 11.4 Å².